The van der Waals surface area contributed by atoms with Gasteiger partial charge in [-0.3, -0.25) is 0 Å². The van der Waals surface area contributed by atoms with E-state index in [1.54, 1.807) is 24.3 Å². The molecule has 0 saturated heterocycles. The number of nitrogens with one attached hydrogen (secondary N) is 1. The molecule has 0 amide bonds. The van der Waals surface area contributed by atoms with Crippen molar-refractivity contribution in [1.82, 2.24) is 20.2 Å². The molecule has 0 spiro atoms. The van der Waals surface area contributed by atoms with Crippen LogP contribution in [0.1, 0.15) is 17.9 Å². The highest BCUT2D eigenvalue weighted by Crippen LogP contribution is 2.41. The Hall–Kier alpha value is -3.61. The van der Waals surface area contributed by atoms with Crippen molar-refractivity contribution in [2.24, 2.45) is 0 Å². The first kappa shape index (κ1) is 22.6. The summed E-state index contributed by atoms with van der Waals surface area (Å²) in [6, 6.07) is 11.7. The maximum atomic E-state index is 12.3. The lowest BCUT2D eigenvalue weighted by Crippen LogP contribution is -2.32. The van der Waals surface area contributed by atoms with E-state index in [4.69, 9.17) is 0 Å². The molecule has 7 nitrogen and oxygen atoms in total. The summed E-state index contributed by atoms with van der Waals surface area (Å²) in [7, 11) is 0. The number of hydrogen-bond donors (Lipinski definition) is 1. The first-order valence-electron chi connectivity index (χ1n) is 9.41. The summed E-state index contributed by atoms with van der Waals surface area (Å²) >= 11 is 0. The molecule has 1 fully saturated rings. The van der Waals surface area contributed by atoms with Crippen molar-refractivity contribution in [3.63, 3.8) is 0 Å². The molecule has 3 aromatic rings. The van der Waals surface area contributed by atoms with Crippen molar-refractivity contribution in [1.29, 1.82) is 0 Å². The Morgan fingerprint density at radius 3 is 2.27 bits per heavy atom. The second kappa shape index (κ2) is 8.39. The van der Waals surface area contributed by atoms with Gasteiger partial charge in [-0.15, -0.1) is 23.8 Å². The number of halogens is 6. The zero-order valence-electron chi connectivity index (χ0n) is 16.4. The van der Waals surface area contributed by atoms with E-state index in [1.165, 1.54) is 23.1 Å². The average molecular weight is 472 g/mol. The molecule has 0 bridgehead atoms. The van der Waals surface area contributed by atoms with Gasteiger partial charge >= 0.3 is 18.5 Å². The topological polar surface area (TPSA) is 78.3 Å². The molecule has 1 aliphatic rings. The van der Waals surface area contributed by atoms with Crippen LogP contribution in [-0.4, -0.2) is 39.3 Å². The number of rotatable bonds is 6. The Kier molecular flexibility index (Phi) is 5.74. The number of carbonyl (C=O) groups excluding carboxylic acids is 1. The van der Waals surface area contributed by atoms with Crippen LogP contribution in [0, 0.1) is 0 Å². The third-order valence-electron chi connectivity index (χ3n) is 4.75. The van der Waals surface area contributed by atoms with Crippen molar-refractivity contribution in [3.05, 3.63) is 60.4 Å². The second-order valence-electron chi connectivity index (χ2n) is 7.13. The normalized spacial score (nSPS) is 18.1. The molecule has 2 aromatic carbocycles. The summed E-state index contributed by atoms with van der Waals surface area (Å²) in [5.74, 6) is -2.40. The van der Waals surface area contributed by atoms with Gasteiger partial charge in [0.15, 0.2) is 5.82 Å². The zero-order chi connectivity index (χ0) is 23.8. The number of alkyl halides is 6. The van der Waals surface area contributed by atoms with Crippen LogP contribution in [0.3, 0.4) is 0 Å². The zero-order valence-corrected chi connectivity index (χ0v) is 16.4. The summed E-state index contributed by atoms with van der Waals surface area (Å²) < 4.78 is 78.5. The van der Waals surface area contributed by atoms with E-state index >= 15 is 0 Å². The number of carbonyl (C=O) groups is 1. The number of ether oxygens (including phenoxy) is 1. The van der Waals surface area contributed by atoms with Crippen molar-refractivity contribution < 1.29 is 40.7 Å². The van der Waals surface area contributed by atoms with Gasteiger partial charge in [0, 0.05) is 11.5 Å². The van der Waals surface area contributed by atoms with E-state index in [2.05, 4.69) is 25.1 Å². The minimum Gasteiger partial charge on any atom is -0.406 e. The Morgan fingerprint density at radius 1 is 1.00 bits per heavy atom. The molecular formula is C20H14F6N4O3. The summed E-state index contributed by atoms with van der Waals surface area (Å²) in [4.78, 5) is 19.0. The number of hydrogen-bond acceptors (Lipinski definition) is 6. The molecule has 1 aromatic heterocycles. The van der Waals surface area contributed by atoms with Crippen LogP contribution in [0.4, 0.5) is 26.3 Å². The van der Waals surface area contributed by atoms with Crippen LogP contribution in [0.15, 0.2) is 54.9 Å². The van der Waals surface area contributed by atoms with E-state index in [-0.39, 0.29) is 11.7 Å². The average Bonchev–Trinajstić information content (AvgIpc) is 3.35. The van der Waals surface area contributed by atoms with Crippen LogP contribution in [0.25, 0.3) is 17.1 Å². The van der Waals surface area contributed by atoms with E-state index in [0.717, 1.165) is 17.7 Å². The Balaban J connectivity index is 1.36. The van der Waals surface area contributed by atoms with Gasteiger partial charge in [0.2, 0.25) is 0 Å². The van der Waals surface area contributed by atoms with Crippen molar-refractivity contribution in [3.8, 4) is 22.8 Å². The van der Waals surface area contributed by atoms with Gasteiger partial charge < -0.3 is 9.57 Å². The lowest BCUT2D eigenvalue weighted by atomic mass is 10.1. The highest BCUT2D eigenvalue weighted by molar-refractivity contribution is 5.75. The van der Waals surface area contributed by atoms with Crippen LogP contribution in [-0.2, 0) is 9.63 Å². The lowest BCUT2D eigenvalue weighted by Gasteiger charge is -2.09. The standard InChI is InChI=1S/C20H14F6N4O3/c21-19(22,23)18(31)33-29-16-9-15(16)11-1-3-12(4-2-11)17-27-10-30(28-17)13-5-7-14(8-6-13)32-20(24,25)26/h1-8,10,15-16,29H,9H2. The van der Waals surface area contributed by atoms with Gasteiger partial charge in [-0.25, -0.2) is 14.5 Å². The van der Waals surface area contributed by atoms with Crippen LogP contribution < -0.4 is 10.2 Å². The highest BCUT2D eigenvalue weighted by Gasteiger charge is 2.44. The first-order chi connectivity index (χ1) is 15.5. The van der Waals surface area contributed by atoms with Gasteiger partial charge in [-0.2, -0.15) is 13.2 Å². The third kappa shape index (κ3) is 5.61. The van der Waals surface area contributed by atoms with Crippen LogP contribution in [0.5, 0.6) is 5.75 Å². The minimum absolute atomic E-state index is 0.108. The maximum Gasteiger partial charge on any atom is 0.573 e. The summed E-state index contributed by atoms with van der Waals surface area (Å²) in [6.07, 6.45) is -7.93. The summed E-state index contributed by atoms with van der Waals surface area (Å²) in [5.41, 5.74) is 4.09. The SMILES string of the molecule is O=C(ONC1CC1c1ccc(-c2ncn(-c3ccc(OC(F)(F)F)cc3)n2)cc1)C(F)(F)F. The van der Waals surface area contributed by atoms with Gasteiger partial charge in [0.05, 0.1) is 11.7 Å². The number of nitrogens with zero attached hydrogens (tertiary/aromatic N) is 3. The van der Waals surface area contributed by atoms with E-state index in [1.807, 2.05) is 0 Å². The molecule has 2 atom stereocenters. The fourth-order valence-electron chi connectivity index (χ4n) is 3.08. The number of benzene rings is 2. The molecule has 0 aliphatic heterocycles. The third-order valence-corrected chi connectivity index (χ3v) is 4.75. The predicted octanol–water partition coefficient (Wildman–Crippen LogP) is 4.30. The predicted molar refractivity (Wildman–Crippen MR) is 99.9 cm³/mol. The smallest absolute Gasteiger partial charge is 0.406 e. The molecule has 174 valence electrons. The molecule has 1 N–H and O–H groups in total. The van der Waals surface area contributed by atoms with Crippen LogP contribution in [0.2, 0.25) is 0 Å². The van der Waals surface area contributed by atoms with Gasteiger partial charge in [0.1, 0.15) is 12.1 Å². The highest BCUT2D eigenvalue weighted by atomic mass is 19.4. The molecule has 33 heavy (non-hydrogen) atoms. The van der Waals surface area contributed by atoms with Gasteiger partial charge in [-0.1, -0.05) is 24.3 Å². The van der Waals surface area contributed by atoms with Gasteiger partial charge in [0.25, 0.3) is 0 Å². The lowest BCUT2D eigenvalue weighted by molar-refractivity contribution is -0.274. The monoisotopic (exact) mass is 472 g/mol. The van der Waals surface area contributed by atoms with Crippen molar-refractivity contribution in [2.75, 3.05) is 0 Å². The Bertz CT molecular complexity index is 1130. The van der Waals surface area contributed by atoms with Crippen molar-refractivity contribution >= 4 is 5.97 Å². The molecule has 4 rings (SSSR count). The summed E-state index contributed by atoms with van der Waals surface area (Å²) in [6.45, 7) is 0. The molecule has 1 saturated carbocycles. The largest absolute Gasteiger partial charge is 0.573 e. The maximum absolute atomic E-state index is 12.3. The fraction of sp³-hybridized carbons (Fsp3) is 0.250. The molecule has 2 unspecified atom stereocenters. The summed E-state index contributed by atoms with van der Waals surface area (Å²) in [5, 5.41) is 4.30. The minimum atomic E-state index is -5.06. The van der Waals surface area contributed by atoms with Crippen LogP contribution >= 0.6 is 0 Å². The Labute approximate surface area is 181 Å². The first-order valence-corrected chi connectivity index (χ1v) is 9.41. The molecular weight excluding hydrogens is 458 g/mol. The van der Waals surface area contributed by atoms with Crippen molar-refractivity contribution in [2.45, 2.75) is 30.9 Å². The number of aromatic nitrogens is 3. The second-order valence-corrected chi connectivity index (χ2v) is 7.13. The molecule has 1 heterocycles. The molecule has 1 aliphatic carbocycles. The quantitative estimate of drug-likeness (QED) is 0.426. The Morgan fingerprint density at radius 2 is 1.67 bits per heavy atom. The van der Waals surface area contributed by atoms with Gasteiger partial charge in [-0.05, 0) is 36.2 Å². The van der Waals surface area contributed by atoms with E-state index < -0.39 is 24.5 Å². The number of hydroxylamine groups is 1. The van der Waals surface area contributed by atoms with E-state index in [0.29, 0.717) is 23.5 Å². The molecule has 0 radical (unpaired) electrons. The molecule has 13 heteroatoms. The fourth-order valence-corrected chi connectivity index (χ4v) is 3.08. The van der Waals surface area contributed by atoms with E-state index in [9.17, 15) is 31.1 Å².